The highest BCUT2D eigenvalue weighted by molar-refractivity contribution is 6.00. The van der Waals surface area contributed by atoms with Crippen LogP contribution in [-0.2, 0) is 10.2 Å². The summed E-state index contributed by atoms with van der Waals surface area (Å²) in [7, 11) is 0. The quantitative estimate of drug-likeness (QED) is 0.498. The van der Waals surface area contributed by atoms with Gasteiger partial charge in [-0.25, -0.2) is 15.0 Å². The van der Waals surface area contributed by atoms with Gasteiger partial charge in [0.1, 0.15) is 5.82 Å². The Labute approximate surface area is 186 Å². The lowest BCUT2D eigenvalue weighted by Crippen LogP contribution is -2.46. The molecule has 0 saturated heterocycles. The Bertz CT molecular complexity index is 1240. The molecule has 7 nitrogen and oxygen atoms in total. The van der Waals surface area contributed by atoms with Crippen LogP contribution in [0, 0.1) is 6.92 Å². The summed E-state index contributed by atoms with van der Waals surface area (Å²) in [6.45, 7) is 1.96. The molecule has 3 N–H and O–H groups in total. The largest absolute Gasteiger partial charge is 0.368 e. The maximum Gasteiger partial charge on any atom is 0.235 e. The van der Waals surface area contributed by atoms with Gasteiger partial charge in [0.05, 0.1) is 5.41 Å². The number of aromatic nitrogens is 4. The van der Waals surface area contributed by atoms with E-state index in [2.05, 4.69) is 20.3 Å². The summed E-state index contributed by atoms with van der Waals surface area (Å²) in [6.07, 6.45) is 9.84. The van der Waals surface area contributed by atoms with Crippen LogP contribution >= 0.6 is 0 Å². The number of carbonyl (C=O) groups excluding carboxylic acids is 1. The fourth-order valence-electron chi connectivity index (χ4n) is 4.25. The van der Waals surface area contributed by atoms with Crippen molar-refractivity contribution in [3.05, 3.63) is 84.7 Å². The van der Waals surface area contributed by atoms with Crippen LogP contribution in [0.4, 0.5) is 11.6 Å². The lowest BCUT2D eigenvalue weighted by Gasteiger charge is -2.40. The van der Waals surface area contributed by atoms with Crippen molar-refractivity contribution in [1.29, 1.82) is 0 Å². The zero-order valence-corrected chi connectivity index (χ0v) is 17.8. The van der Waals surface area contributed by atoms with Crippen molar-refractivity contribution < 1.29 is 4.79 Å². The fourth-order valence-corrected chi connectivity index (χ4v) is 4.25. The van der Waals surface area contributed by atoms with E-state index in [-0.39, 0.29) is 11.9 Å². The maximum atomic E-state index is 13.3. The molecule has 5 rings (SSSR count). The van der Waals surface area contributed by atoms with Crippen LogP contribution in [0.3, 0.4) is 0 Å². The van der Waals surface area contributed by atoms with Gasteiger partial charge in [0.2, 0.25) is 11.9 Å². The first-order valence-electron chi connectivity index (χ1n) is 10.7. The van der Waals surface area contributed by atoms with Gasteiger partial charge < -0.3 is 15.6 Å². The summed E-state index contributed by atoms with van der Waals surface area (Å²) in [5.74, 6) is 1.21. The average molecular weight is 425 g/mol. The predicted molar refractivity (Wildman–Crippen MR) is 124 cm³/mol. The number of benzene rings is 2. The number of nitrogen functional groups attached to an aromatic ring is 1. The van der Waals surface area contributed by atoms with Gasteiger partial charge in [0, 0.05) is 41.7 Å². The monoisotopic (exact) mass is 424 g/mol. The first kappa shape index (κ1) is 19.9. The molecule has 2 aromatic heterocycles. The number of carbonyl (C=O) groups is 1. The minimum atomic E-state index is -0.490. The summed E-state index contributed by atoms with van der Waals surface area (Å²) >= 11 is 0. The molecule has 160 valence electrons. The van der Waals surface area contributed by atoms with Crippen LogP contribution < -0.4 is 11.1 Å². The topological polar surface area (TPSA) is 98.7 Å². The Morgan fingerprint density at radius 3 is 2.22 bits per heavy atom. The number of hydrogen-bond acceptors (Lipinski definition) is 5. The normalized spacial score (nSPS) is 14.5. The molecule has 1 amide bonds. The molecule has 0 bridgehead atoms. The molecule has 1 saturated carbocycles. The minimum Gasteiger partial charge on any atom is -0.368 e. The van der Waals surface area contributed by atoms with Gasteiger partial charge in [-0.2, -0.15) is 0 Å². The second-order valence-corrected chi connectivity index (χ2v) is 8.19. The van der Waals surface area contributed by atoms with Gasteiger partial charge >= 0.3 is 0 Å². The van der Waals surface area contributed by atoms with Crippen LogP contribution in [0.5, 0.6) is 0 Å². The van der Waals surface area contributed by atoms with Gasteiger partial charge in [0.15, 0.2) is 0 Å². The summed E-state index contributed by atoms with van der Waals surface area (Å²) in [5.41, 5.74) is 9.81. The van der Waals surface area contributed by atoms with Crippen molar-refractivity contribution in [3.8, 4) is 16.8 Å². The lowest BCUT2D eigenvalue weighted by molar-refractivity contribution is -0.124. The summed E-state index contributed by atoms with van der Waals surface area (Å²) < 4.78 is 2.01. The van der Waals surface area contributed by atoms with Crippen LogP contribution in [-0.4, -0.2) is 25.4 Å². The minimum absolute atomic E-state index is 0.0406. The van der Waals surface area contributed by atoms with Crippen LogP contribution in [0.25, 0.3) is 16.8 Å². The van der Waals surface area contributed by atoms with Gasteiger partial charge in [-0.05, 0) is 55.2 Å². The van der Waals surface area contributed by atoms with E-state index in [9.17, 15) is 4.79 Å². The molecular formula is C25H24N6O. The van der Waals surface area contributed by atoms with Crippen molar-refractivity contribution >= 4 is 17.5 Å². The molecule has 2 aromatic carbocycles. The average Bonchev–Trinajstić information content (AvgIpc) is 3.20. The molecule has 0 atom stereocenters. The van der Waals surface area contributed by atoms with E-state index >= 15 is 0 Å². The number of anilines is 2. The second-order valence-electron chi connectivity index (χ2n) is 8.19. The van der Waals surface area contributed by atoms with Crippen LogP contribution in [0.2, 0.25) is 0 Å². The van der Waals surface area contributed by atoms with Crippen molar-refractivity contribution in [2.75, 3.05) is 11.1 Å². The first-order valence-corrected chi connectivity index (χ1v) is 10.7. The van der Waals surface area contributed by atoms with Crippen molar-refractivity contribution in [2.24, 2.45) is 0 Å². The molecule has 0 aliphatic heterocycles. The highest BCUT2D eigenvalue weighted by atomic mass is 16.2. The smallest absolute Gasteiger partial charge is 0.235 e. The molecule has 0 unspecified atom stereocenters. The van der Waals surface area contributed by atoms with Crippen molar-refractivity contribution in [1.82, 2.24) is 19.5 Å². The molecular weight excluding hydrogens is 400 g/mol. The van der Waals surface area contributed by atoms with Crippen molar-refractivity contribution in [2.45, 2.75) is 31.6 Å². The summed E-state index contributed by atoms with van der Waals surface area (Å²) in [6, 6.07) is 15.9. The van der Waals surface area contributed by atoms with E-state index in [1.807, 2.05) is 66.2 Å². The van der Waals surface area contributed by atoms with Crippen LogP contribution in [0.15, 0.2) is 73.3 Å². The molecule has 1 aliphatic rings. The van der Waals surface area contributed by atoms with Crippen molar-refractivity contribution in [3.63, 3.8) is 0 Å². The van der Waals surface area contributed by atoms with E-state index in [1.54, 1.807) is 18.6 Å². The number of amides is 1. The predicted octanol–water partition coefficient (Wildman–Crippen LogP) is 4.28. The Morgan fingerprint density at radius 1 is 0.969 bits per heavy atom. The van der Waals surface area contributed by atoms with Gasteiger partial charge in [0.25, 0.3) is 0 Å². The number of nitrogens with zero attached hydrogens (tertiary/aromatic N) is 4. The number of rotatable bonds is 5. The number of nitrogens with two attached hydrogens (primary N) is 1. The van der Waals surface area contributed by atoms with Gasteiger partial charge in [-0.3, -0.25) is 4.79 Å². The third-order valence-electron chi connectivity index (χ3n) is 6.31. The Kier molecular flexibility index (Phi) is 4.93. The molecule has 7 heteroatoms. The zero-order chi connectivity index (χ0) is 22.1. The lowest BCUT2D eigenvalue weighted by atomic mass is 9.63. The molecule has 1 fully saturated rings. The Morgan fingerprint density at radius 2 is 1.66 bits per heavy atom. The van der Waals surface area contributed by atoms with Crippen LogP contribution in [0.1, 0.15) is 30.7 Å². The maximum absolute atomic E-state index is 13.3. The molecule has 0 radical (unpaired) electrons. The molecule has 0 spiro atoms. The van der Waals surface area contributed by atoms with Gasteiger partial charge in [-0.1, -0.05) is 30.7 Å². The van der Waals surface area contributed by atoms with Gasteiger partial charge in [-0.15, -0.1) is 0 Å². The summed E-state index contributed by atoms with van der Waals surface area (Å²) in [4.78, 5) is 25.7. The Hall–Kier alpha value is -4.00. The third-order valence-corrected chi connectivity index (χ3v) is 6.31. The second kappa shape index (κ2) is 7.92. The first-order chi connectivity index (χ1) is 15.5. The van der Waals surface area contributed by atoms with E-state index < -0.39 is 5.41 Å². The SMILES string of the molecule is Cc1nccn1-c1ccc(NC(=O)C2(c3ccc(-c4cnc(N)nc4)cc3)CCC2)cc1. The van der Waals surface area contributed by atoms with E-state index in [0.29, 0.717) is 0 Å². The fraction of sp³-hybridized carbons (Fsp3) is 0.200. The number of hydrogen-bond donors (Lipinski definition) is 2. The summed E-state index contributed by atoms with van der Waals surface area (Å²) in [5, 5.41) is 3.13. The number of aryl methyl sites for hydroxylation is 1. The molecule has 1 aliphatic carbocycles. The molecule has 4 aromatic rings. The van der Waals surface area contributed by atoms with E-state index in [4.69, 9.17) is 5.73 Å². The highest BCUT2D eigenvalue weighted by Crippen LogP contribution is 2.45. The number of nitrogens with one attached hydrogen (secondary N) is 1. The number of imidazole rings is 1. The standard InChI is InChI=1S/C25H24N6O/c1-17-27-13-14-31(17)22-9-7-21(8-10-22)30-23(32)25(11-2-12-25)20-5-3-18(4-6-20)19-15-28-24(26)29-16-19/h3-10,13-16H,2,11-12H2,1H3,(H,30,32)(H2,26,28,29). The highest BCUT2D eigenvalue weighted by Gasteiger charge is 2.45. The van der Waals surface area contributed by atoms with E-state index in [0.717, 1.165) is 53.2 Å². The van der Waals surface area contributed by atoms with E-state index in [1.165, 1.54) is 0 Å². The molecule has 2 heterocycles. The zero-order valence-electron chi connectivity index (χ0n) is 17.8. The Balaban J connectivity index is 1.34. The third kappa shape index (κ3) is 3.51. The molecule has 32 heavy (non-hydrogen) atoms.